The highest BCUT2D eigenvalue weighted by Crippen LogP contribution is 2.38. The summed E-state index contributed by atoms with van der Waals surface area (Å²) >= 11 is 0. The lowest BCUT2D eigenvalue weighted by Crippen LogP contribution is -2.41. The van der Waals surface area contributed by atoms with Crippen molar-refractivity contribution in [2.45, 2.75) is 20.0 Å². The summed E-state index contributed by atoms with van der Waals surface area (Å²) in [6.07, 6.45) is -4.64. The summed E-state index contributed by atoms with van der Waals surface area (Å²) in [5, 5.41) is 8.23. The monoisotopic (exact) mass is 200 g/mol. The number of hydrogen-bond acceptors (Lipinski definition) is 3. The minimum atomic E-state index is -4.64. The van der Waals surface area contributed by atoms with E-state index in [1.54, 1.807) is 0 Å². The third kappa shape index (κ3) is 2.87. The number of alkyl halides is 3. The summed E-state index contributed by atoms with van der Waals surface area (Å²) in [6, 6.07) is 0. The van der Waals surface area contributed by atoms with Crippen molar-refractivity contribution in [3.63, 3.8) is 0 Å². The van der Waals surface area contributed by atoms with Crippen LogP contribution in [0.15, 0.2) is 0 Å². The molecule has 0 atom stereocenters. The first kappa shape index (κ1) is 12.2. The molecule has 0 spiro atoms. The van der Waals surface area contributed by atoms with E-state index in [0.29, 0.717) is 0 Å². The van der Waals surface area contributed by atoms with E-state index in [4.69, 9.17) is 5.11 Å². The Bertz CT molecular complexity index is 186. The van der Waals surface area contributed by atoms with Gasteiger partial charge in [0.05, 0.1) is 6.61 Å². The van der Waals surface area contributed by atoms with Crippen molar-refractivity contribution >= 4 is 5.97 Å². The topological polar surface area (TPSA) is 46.5 Å². The zero-order chi connectivity index (χ0) is 10.7. The number of rotatable bonds is 3. The van der Waals surface area contributed by atoms with E-state index in [9.17, 15) is 18.0 Å². The van der Waals surface area contributed by atoms with E-state index in [2.05, 4.69) is 4.74 Å². The summed E-state index contributed by atoms with van der Waals surface area (Å²) in [5.74, 6) is -1.38. The molecule has 6 heteroatoms. The fourth-order valence-corrected chi connectivity index (χ4v) is 0.434. The van der Waals surface area contributed by atoms with Crippen LogP contribution in [-0.2, 0) is 9.53 Å². The van der Waals surface area contributed by atoms with E-state index in [1.165, 1.54) is 0 Å². The second kappa shape index (κ2) is 3.95. The molecular formula is C7H11F3O3. The minimum absolute atomic E-state index is 0.418. The predicted molar refractivity (Wildman–Crippen MR) is 37.9 cm³/mol. The quantitative estimate of drug-likeness (QED) is 0.694. The minimum Gasteiger partial charge on any atom is -0.463 e. The molecule has 0 amide bonds. The van der Waals surface area contributed by atoms with Gasteiger partial charge in [-0.3, -0.25) is 4.79 Å². The maximum Gasteiger partial charge on any atom is 0.404 e. The van der Waals surface area contributed by atoms with Crippen LogP contribution in [0.2, 0.25) is 0 Å². The van der Waals surface area contributed by atoms with Crippen LogP contribution >= 0.6 is 0 Å². The normalized spacial score (nSPS) is 12.8. The molecule has 0 aromatic carbocycles. The molecule has 0 saturated carbocycles. The number of halogens is 3. The summed E-state index contributed by atoms with van der Waals surface area (Å²) in [7, 11) is 0. The lowest BCUT2D eigenvalue weighted by Gasteiger charge is -2.24. The molecule has 0 saturated heterocycles. The first-order chi connectivity index (χ1) is 5.73. The van der Waals surface area contributed by atoms with Crippen LogP contribution in [0.25, 0.3) is 0 Å². The molecule has 0 radical (unpaired) electrons. The molecule has 0 aliphatic carbocycles. The first-order valence-electron chi connectivity index (χ1n) is 3.58. The molecule has 0 bridgehead atoms. The Hall–Kier alpha value is -0.780. The fraction of sp³-hybridized carbons (Fsp3) is 0.857. The maximum atomic E-state index is 12.1. The summed E-state index contributed by atoms with van der Waals surface area (Å²) in [5.41, 5.74) is -2.53. The molecule has 0 heterocycles. The van der Waals surface area contributed by atoms with Gasteiger partial charge in [0.2, 0.25) is 0 Å². The van der Waals surface area contributed by atoms with Crippen LogP contribution in [0.4, 0.5) is 13.2 Å². The third-order valence-corrected chi connectivity index (χ3v) is 1.54. The Morgan fingerprint density at radius 2 is 1.85 bits per heavy atom. The van der Waals surface area contributed by atoms with E-state index >= 15 is 0 Å². The Labute approximate surface area is 73.5 Å². The zero-order valence-electron chi connectivity index (χ0n) is 7.31. The van der Waals surface area contributed by atoms with E-state index < -0.39 is 30.8 Å². The van der Waals surface area contributed by atoms with Crippen LogP contribution in [0.3, 0.4) is 0 Å². The molecule has 0 fully saturated rings. The maximum absolute atomic E-state index is 12.1. The van der Waals surface area contributed by atoms with E-state index in [-0.39, 0.29) is 0 Å². The molecule has 0 unspecified atom stereocenters. The zero-order valence-corrected chi connectivity index (χ0v) is 7.31. The summed E-state index contributed by atoms with van der Waals surface area (Å²) in [4.78, 5) is 10.8. The third-order valence-electron chi connectivity index (χ3n) is 1.54. The summed E-state index contributed by atoms with van der Waals surface area (Å²) in [6.45, 7) is 0.553. The Balaban J connectivity index is 4.37. The Morgan fingerprint density at radius 1 is 1.38 bits per heavy atom. The van der Waals surface area contributed by atoms with Gasteiger partial charge in [0.1, 0.15) is 6.61 Å². The van der Waals surface area contributed by atoms with Gasteiger partial charge in [0.25, 0.3) is 0 Å². The number of esters is 1. The average Bonchev–Trinajstić information content (AvgIpc) is 1.97. The van der Waals surface area contributed by atoms with Crippen LogP contribution in [-0.4, -0.2) is 30.5 Å². The van der Waals surface area contributed by atoms with Crippen molar-refractivity contribution < 1.29 is 27.8 Å². The molecule has 0 aliphatic rings. The first-order valence-corrected chi connectivity index (χ1v) is 3.58. The molecular weight excluding hydrogens is 189 g/mol. The molecule has 3 nitrogen and oxygen atoms in total. The van der Waals surface area contributed by atoms with Gasteiger partial charge in [-0.05, 0) is 13.8 Å². The van der Waals surface area contributed by atoms with E-state index in [0.717, 1.165) is 13.8 Å². The van der Waals surface area contributed by atoms with Crippen molar-refractivity contribution in [1.82, 2.24) is 0 Å². The smallest absolute Gasteiger partial charge is 0.404 e. The van der Waals surface area contributed by atoms with Gasteiger partial charge in [-0.1, -0.05) is 0 Å². The second-order valence-electron chi connectivity index (χ2n) is 2.98. The molecule has 0 aliphatic heterocycles. The number of aliphatic hydroxyl groups excluding tert-OH is 1. The van der Waals surface area contributed by atoms with Gasteiger partial charge in [0, 0.05) is 0 Å². The van der Waals surface area contributed by atoms with Gasteiger partial charge < -0.3 is 9.84 Å². The van der Waals surface area contributed by atoms with Crippen LogP contribution < -0.4 is 0 Å². The molecule has 1 N–H and O–H groups in total. The Morgan fingerprint density at radius 3 is 2.15 bits per heavy atom. The van der Waals surface area contributed by atoms with Crippen molar-refractivity contribution in [2.75, 3.05) is 13.2 Å². The largest absolute Gasteiger partial charge is 0.463 e. The van der Waals surface area contributed by atoms with Gasteiger partial charge in [-0.2, -0.15) is 13.2 Å². The lowest BCUT2D eigenvalue weighted by molar-refractivity contribution is -0.225. The SMILES string of the molecule is CC(C)(C(=O)OCCO)C(F)(F)F. The number of carbonyl (C=O) groups is 1. The highest BCUT2D eigenvalue weighted by molar-refractivity contribution is 5.76. The lowest BCUT2D eigenvalue weighted by atomic mass is 9.93. The Kier molecular flexibility index (Phi) is 3.71. The highest BCUT2D eigenvalue weighted by atomic mass is 19.4. The second-order valence-corrected chi connectivity index (χ2v) is 2.98. The number of hydrogen-bond donors (Lipinski definition) is 1. The standard InChI is InChI=1S/C7H11F3O3/c1-6(2,7(8,9)10)5(12)13-4-3-11/h11H,3-4H2,1-2H3. The van der Waals surface area contributed by atoms with E-state index in [1.807, 2.05) is 0 Å². The highest BCUT2D eigenvalue weighted by Gasteiger charge is 2.54. The van der Waals surface area contributed by atoms with Gasteiger partial charge in [-0.15, -0.1) is 0 Å². The van der Waals surface area contributed by atoms with Crippen molar-refractivity contribution in [3.8, 4) is 0 Å². The number of aliphatic hydroxyl groups is 1. The molecule has 0 aromatic rings. The van der Waals surface area contributed by atoms with Crippen molar-refractivity contribution in [1.29, 1.82) is 0 Å². The predicted octanol–water partition coefficient (Wildman–Crippen LogP) is 1.11. The van der Waals surface area contributed by atoms with Crippen LogP contribution in [0.5, 0.6) is 0 Å². The van der Waals surface area contributed by atoms with Crippen LogP contribution in [0.1, 0.15) is 13.8 Å². The fourth-order valence-electron chi connectivity index (χ4n) is 0.434. The molecule has 13 heavy (non-hydrogen) atoms. The van der Waals surface area contributed by atoms with Gasteiger partial charge >= 0.3 is 12.1 Å². The molecule has 0 aromatic heterocycles. The number of carbonyl (C=O) groups excluding carboxylic acids is 1. The number of ether oxygens (including phenoxy) is 1. The average molecular weight is 200 g/mol. The molecule has 78 valence electrons. The van der Waals surface area contributed by atoms with Crippen molar-refractivity contribution in [3.05, 3.63) is 0 Å². The van der Waals surface area contributed by atoms with Gasteiger partial charge in [0.15, 0.2) is 5.41 Å². The molecule has 0 rings (SSSR count). The van der Waals surface area contributed by atoms with Crippen LogP contribution in [0, 0.1) is 5.41 Å². The summed E-state index contributed by atoms with van der Waals surface area (Å²) < 4.78 is 40.6. The van der Waals surface area contributed by atoms with Gasteiger partial charge in [-0.25, -0.2) is 0 Å². The van der Waals surface area contributed by atoms with Crippen molar-refractivity contribution in [2.24, 2.45) is 5.41 Å².